The number of rotatable bonds is 4. The maximum atomic E-state index is 11.9. The van der Waals surface area contributed by atoms with Crippen molar-refractivity contribution in [2.45, 2.75) is 51.6 Å². The van der Waals surface area contributed by atoms with E-state index in [2.05, 4.69) is 5.32 Å². The quantitative estimate of drug-likeness (QED) is 0.740. The summed E-state index contributed by atoms with van der Waals surface area (Å²) < 4.78 is 0. The molecule has 0 bridgehead atoms. The van der Waals surface area contributed by atoms with E-state index in [1.165, 1.54) is 6.92 Å². The second kappa shape index (κ2) is 6.59. The summed E-state index contributed by atoms with van der Waals surface area (Å²) >= 11 is 0. The van der Waals surface area contributed by atoms with Crippen molar-refractivity contribution in [3.63, 3.8) is 0 Å². The number of carbonyl (C=O) groups is 2. The predicted molar refractivity (Wildman–Crippen MR) is 66.3 cm³/mol. The number of piperidine rings is 1. The summed E-state index contributed by atoms with van der Waals surface area (Å²) in [5.41, 5.74) is 5.78. The minimum atomic E-state index is -0.0522. The minimum absolute atomic E-state index is 0.0328. The summed E-state index contributed by atoms with van der Waals surface area (Å²) in [6, 6.07) is 0.0479. The van der Waals surface area contributed by atoms with Gasteiger partial charge in [0.15, 0.2) is 0 Å². The summed E-state index contributed by atoms with van der Waals surface area (Å²) in [5.74, 6) is 0.0731. The Hall–Kier alpha value is -1.10. The molecule has 1 rings (SSSR count). The summed E-state index contributed by atoms with van der Waals surface area (Å²) in [6.07, 6.45) is 3.11. The number of nitrogens with one attached hydrogen (secondary N) is 1. The summed E-state index contributed by atoms with van der Waals surface area (Å²) in [4.78, 5) is 24.7. The fourth-order valence-electron chi connectivity index (χ4n) is 2.11. The van der Waals surface area contributed by atoms with Gasteiger partial charge in [-0.2, -0.15) is 0 Å². The van der Waals surface area contributed by atoms with Gasteiger partial charge in [-0.05, 0) is 19.3 Å². The molecular formula is C12H23N3O2. The van der Waals surface area contributed by atoms with Gasteiger partial charge in [0.1, 0.15) is 0 Å². The molecule has 1 aliphatic heterocycles. The van der Waals surface area contributed by atoms with Crippen LogP contribution >= 0.6 is 0 Å². The van der Waals surface area contributed by atoms with Crippen LogP contribution in [-0.2, 0) is 9.59 Å². The first kappa shape index (κ1) is 14.0. The van der Waals surface area contributed by atoms with Gasteiger partial charge in [-0.25, -0.2) is 0 Å². The maximum absolute atomic E-state index is 11.9. The fourth-order valence-corrected chi connectivity index (χ4v) is 2.11. The van der Waals surface area contributed by atoms with Gasteiger partial charge in [0, 0.05) is 38.5 Å². The smallest absolute Gasteiger partial charge is 0.224 e. The number of likely N-dealkylation sites (tertiary alicyclic amines) is 1. The Morgan fingerprint density at radius 1 is 1.53 bits per heavy atom. The largest absolute Gasteiger partial charge is 0.352 e. The van der Waals surface area contributed by atoms with Crippen molar-refractivity contribution in [2.24, 2.45) is 5.73 Å². The van der Waals surface area contributed by atoms with Crippen LogP contribution in [0.15, 0.2) is 0 Å². The molecule has 2 atom stereocenters. The Morgan fingerprint density at radius 3 is 2.82 bits per heavy atom. The molecule has 0 spiro atoms. The van der Waals surface area contributed by atoms with Gasteiger partial charge >= 0.3 is 0 Å². The van der Waals surface area contributed by atoms with Gasteiger partial charge in [0.25, 0.3) is 0 Å². The molecule has 5 heteroatoms. The third-order valence-corrected chi connectivity index (χ3v) is 3.14. The highest BCUT2D eigenvalue weighted by Gasteiger charge is 2.24. The van der Waals surface area contributed by atoms with Gasteiger partial charge < -0.3 is 16.0 Å². The first-order chi connectivity index (χ1) is 8.02. The van der Waals surface area contributed by atoms with E-state index < -0.39 is 0 Å². The van der Waals surface area contributed by atoms with E-state index in [4.69, 9.17) is 5.73 Å². The standard InChI is InChI=1S/C12H23N3O2/c1-3-10(13)7-12(17)15-6-4-5-11(8-15)14-9(2)16/h10-11H,3-8,13H2,1-2H3,(H,14,16). The Bertz CT molecular complexity index is 281. The lowest BCUT2D eigenvalue weighted by molar-refractivity contribution is -0.133. The van der Waals surface area contributed by atoms with Crippen molar-refractivity contribution in [1.29, 1.82) is 0 Å². The van der Waals surface area contributed by atoms with Gasteiger partial charge in [-0.15, -0.1) is 0 Å². The van der Waals surface area contributed by atoms with Gasteiger partial charge in [-0.3, -0.25) is 9.59 Å². The van der Waals surface area contributed by atoms with Crippen LogP contribution in [0.4, 0.5) is 0 Å². The lowest BCUT2D eigenvalue weighted by Crippen LogP contribution is -2.50. The Morgan fingerprint density at radius 2 is 2.24 bits per heavy atom. The second-order valence-electron chi connectivity index (χ2n) is 4.75. The monoisotopic (exact) mass is 241 g/mol. The van der Waals surface area contributed by atoms with Crippen molar-refractivity contribution in [1.82, 2.24) is 10.2 Å². The van der Waals surface area contributed by atoms with Gasteiger partial charge in [0.2, 0.25) is 11.8 Å². The molecule has 1 aliphatic rings. The molecule has 0 radical (unpaired) electrons. The molecular weight excluding hydrogens is 218 g/mol. The second-order valence-corrected chi connectivity index (χ2v) is 4.75. The molecule has 1 saturated heterocycles. The fraction of sp³-hybridized carbons (Fsp3) is 0.833. The Labute approximate surface area is 103 Å². The van der Waals surface area contributed by atoms with Crippen molar-refractivity contribution in [3.05, 3.63) is 0 Å². The lowest BCUT2D eigenvalue weighted by atomic mass is 10.0. The van der Waals surface area contributed by atoms with E-state index in [1.54, 1.807) is 0 Å². The highest BCUT2D eigenvalue weighted by atomic mass is 16.2. The first-order valence-electron chi connectivity index (χ1n) is 6.33. The van der Waals surface area contributed by atoms with E-state index in [1.807, 2.05) is 11.8 Å². The van der Waals surface area contributed by atoms with E-state index in [0.717, 1.165) is 25.8 Å². The molecule has 3 N–H and O–H groups in total. The molecule has 0 aromatic rings. The van der Waals surface area contributed by atoms with Crippen LogP contribution in [0.1, 0.15) is 39.5 Å². The van der Waals surface area contributed by atoms with Crippen LogP contribution < -0.4 is 11.1 Å². The highest BCUT2D eigenvalue weighted by Crippen LogP contribution is 2.12. The summed E-state index contributed by atoms with van der Waals surface area (Å²) in [7, 11) is 0. The third kappa shape index (κ3) is 4.73. The zero-order valence-corrected chi connectivity index (χ0v) is 10.7. The van der Waals surface area contributed by atoms with E-state index >= 15 is 0 Å². The first-order valence-corrected chi connectivity index (χ1v) is 6.33. The molecule has 0 aromatic heterocycles. The molecule has 0 aromatic carbocycles. The topological polar surface area (TPSA) is 75.4 Å². The van der Waals surface area contributed by atoms with Crippen molar-refractivity contribution in [2.75, 3.05) is 13.1 Å². The molecule has 0 saturated carbocycles. The maximum Gasteiger partial charge on any atom is 0.224 e. The van der Waals surface area contributed by atoms with Crippen molar-refractivity contribution < 1.29 is 9.59 Å². The third-order valence-electron chi connectivity index (χ3n) is 3.14. The number of hydrogen-bond donors (Lipinski definition) is 2. The minimum Gasteiger partial charge on any atom is -0.352 e. The number of nitrogens with zero attached hydrogens (tertiary/aromatic N) is 1. The number of amides is 2. The lowest BCUT2D eigenvalue weighted by Gasteiger charge is -2.33. The van der Waals surface area contributed by atoms with Crippen LogP contribution in [0, 0.1) is 0 Å². The average Bonchev–Trinajstić information content (AvgIpc) is 2.28. The molecule has 1 heterocycles. The SMILES string of the molecule is CCC(N)CC(=O)N1CCCC(NC(C)=O)C1. The van der Waals surface area contributed by atoms with Gasteiger partial charge in [0.05, 0.1) is 0 Å². The van der Waals surface area contributed by atoms with Crippen LogP contribution in [0.3, 0.4) is 0 Å². The summed E-state index contributed by atoms with van der Waals surface area (Å²) in [6.45, 7) is 4.89. The molecule has 5 nitrogen and oxygen atoms in total. The normalized spacial score (nSPS) is 22.1. The van der Waals surface area contributed by atoms with Gasteiger partial charge in [-0.1, -0.05) is 6.92 Å². The predicted octanol–water partition coefficient (Wildman–Crippen LogP) is 0.241. The molecule has 2 amide bonds. The number of carbonyl (C=O) groups excluding carboxylic acids is 2. The number of nitrogens with two attached hydrogens (primary N) is 1. The summed E-state index contributed by atoms with van der Waals surface area (Å²) in [5, 5.41) is 2.87. The Kier molecular flexibility index (Phi) is 5.41. The molecule has 1 fully saturated rings. The highest BCUT2D eigenvalue weighted by molar-refractivity contribution is 5.77. The molecule has 98 valence electrons. The van der Waals surface area contributed by atoms with Crippen molar-refractivity contribution >= 4 is 11.8 Å². The van der Waals surface area contributed by atoms with Crippen molar-refractivity contribution in [3.8, 4) is 0 Å². The van der Waals surface area contributed by atoms with E-state index in [-0.39, 0.29) is 23.9 Å². The Balaban J connectivity index is 2.43. The van der Waals surface area contributed by atoms with Crippen LogP contribution in [0.25, 0.3) is 0 Å². The average molecular weight is 241 g/mol. The van der Waals surface area contributed by atoms with Crippen LogP contribution in [-0.4, -0.2) is 41.9 Å². The van der Waals surface area contributed by atoms with E-state index in [0.29, 0.717) is 13.0 Å². The molecule has 0 aliphatic carbocycles. The van der Waals surface area contributed by atoms with Crippen LogP contribution in [0.5, 0.6) is 0 Å². The van der Waals surface area contributed by atoms with Crippen LogP contribution in [0.2, 0.25) is 0 Å². The number of hydrogen-bond acceptors (Lipinski definition) is 3. The zero-order valence-electron chi connectivity index (χ0n) is 10.7. The zero-order chi connectivity index (χ0) is 12.8. The van der Waals surface area contributed by atoms with E-state index in [9.17, 15) is 9.59 Å². The molecule has 2 unspecified atom stereocenters. The molecule has 17 heavy (non-hydrogen) atoms.